The molecule has 1 rings (SSSR count). The number of aliphatic hydroxyl groups is 2. The van der Waals surface area contributed by atoms with Crippen molar-refractivity contribution in [3.05, 3.63) is 11.8 Å². The Morgan fingerprint density at radius 2 is 2.06 bits per heavy atom. The third-order valence-electron chi connectivity index (χ3n) is 1.98. The predicted molar refractivity (Wildman–Crippen MR) is 59.9 cm³/mol. The van der Waals surface area contributed by atoms with Crippen LogP contribution in [0.1, 0.15) is 11.7 Å². The number of rotatable bonds is 5. The van der Waals surface area contributed by atoms with Crippen molar-refractivity contribution in [1.82, 2.24) is 9.97 Å². The quantitative estimate of drug-likeness (QED) is 0.759. The van der Waals surface area contributed by atoms with Crippen LogP contribution in [0, 0.1) is 0 Å². The number of alkyl halides is 1. The van der Waals surface area contributed by atoms with Crippen LogP contribution in [0.5, 0.6) is 11.9 Å². The maximum absolute atomic E-state index is 9.78. The van der Waals surface area contributed by atoms with Crippen LogP contribution in [-0.2, 0) is 0 Å². The molecule has 6 nitrogen and oxygen atoms in total. The van der Waals surface area contributed by atoms with Gasteiger partial charge in [0.05, 0.1) is 25.9 Å². The molecule has 0 spiro atoms. The molecule has 0 bridgehead atoms. The summed E-state index contributed by atoms with van der Waals surface area (Å²) in [6.45, 7) is 0. The smallest absolute Gasteiger partial charge is 0.319 e. The van der Waals surface area contributed by atoms with Crippen molar-refractivity contribution in [3.63, 3.8) is 0 Å². The fourth-order valence-corrected chi connectivity index (χ4v) is 1.47. The molecule has 1 aromatic rings. The number of methoxy groups -OCH3 is 2. The van der Waals surface area contributed by atoms with Crippen molar-refractivity contribution in [2.24, 2.45) is 0 Å². The standard InChI is InChI=1S/C9H13BrN2O4/c1-15-8-5(7(14)6(13)3-10)4-11-9(12-8)16-2/h4,6-7,13-14H,3H2,1-2H3. The highest BCUT2D eigenvalue weighted by atomic mass is 79.9. The van der Waals surface area contributed by atoms with Gasteiger partial charge in [0.15, 0.2) is 0 Å². The van der Waals surface area contributed by atoms with Crippen molar-refractivity contribution < 1.29 is 19.7 Å². The Balaban J connectivity index is 3.03. The molecule has 1 aromatic heterocycles. The summed E-state index contributed by atoms with van der Waals surface area (Å²) in [6.07, 6.45) is -0.701. The minimum absolute atomic E-state index is 0.140. The highest BCUT2D eigenvalue weighted by molar-refractivity contribution is 9.09. The number of aromatic nitrogens is 2. The van der Waals surface area contributed by atoms with E-state index in [1.165, 1.54) is 20.4 Å². The number of hydrogen-bond donors (Lipinski definition) is 2. The van der Waals surface area contributed by atoms with Gasteiger partial charge in [0.1, 0.15) is 6.10 Å². The van der Waals surface area contributed by atoms with Crippen LogP contribution >= 0.6 is 15.9 Å². The third kappa shape index (κ3) is 2.81. The minimum atomic E-state index is -1.11. The molecule has 0 radical (unpaired) electrons. The van der Waals surface area contributed by atoms with Gasteiger partial charge in [-0.1, -0.05) is 15.9 Å². The van der Waals surface area contributed by atoms with E-state index in [0.29, 0.717) is 5.56 Å². The van der Waals surface area contributed by atoms with Gasteiger partial charge >= 0.3 is 6.01 Å². The molecule has 0 fully saturated rings. The van der Waals surface area contributed by atoms with E-state index in [1.807, 2.05) is 0 Å². The Hall–Kier alpha value is -0.920. The molecular weight excluding hydrogens is 280 g/mol. The SMILES string of the molecule is COc1ncc(C(O)C(O)CBr)c(OC)n1. The molecule has 0 aliphatic heterocycles. The summed E-state index contributed by atoms with van der Waals surface area (Å²) in [4.78, 5) is 7.75. The summed E-state index contributed by atoms with van der Waals surface area (Å²) in [5.74, 6) is 0.180. The second-order valence-corrected chi connectivity index (χ2v) is 3.64. The van der Waals surface area contributed by atoms with E-state index in [4.69, 9.17) is 9.47 Å². The number of hydrogen-bond acceptors (Lipinski definition) is 6. The van der Waals surface area contributed by atoms with Crippen molar-refractivity contribution in [3.8, 4) is 11.9 Å². The molecule has 16 heavy (non-hydrogen) atoms. The lowest BCUT2D eigenvalue weighted by atomic mass is 10.1. The monoisotopic (exact) mass is 292 g/mol. The average Bonchev–Trinajstić information content (AvgIpc) is 2.35. The lowest BCUT2D eigenvalue weighted by molar-refractivity contribution is 0.0319. The molecule has 0 aliphatic carbocycles. The highest BCUT2D eigenvalue weighted by Crippen LogP contribution is 2.26. The summed E-state index contributed by atoms with van der Waals surface area (Å²) >= 11 is 3.07. The second kappa shape index (κ2) is 5.97. The van der Waals surface area contributed by atoms with E-state index in [0.717, 1.165) is 0 Å². The first-order chi connectivity index (χ1) is 7.63. The Labute approximate surface area is 101 Å². The van der Waals surface area contributed by atoms with E-state index in [9.17, 15) is 10.2 Å². The Morgan fingerprint density at radius 1 is 1.38 bits per heavy atom. The lowest BCUT2D eigenvalue weighted by Gasteiger charge is -2.17. The Morgan fingerprint density at radius 3 is 2.56 bits per heavy atom. The summed E-state index contributed by atoms with van der Waals surface area (Å²) < 4.78 is 9.81. The normalized spacial score (nSPS) is 14.3. The number of ether oxygens (including phenoxy) is 2. The maximum Gasteiger partial charge on any atom is 0.319 e. The number of halogens is 1. The van der Waals surface area contributed by atoms with E-state index in [2.05, 4.69) is 25.9 Å². The summed E-state index contributed by atoms with van der Waals surface area (Å²) in [7, 11) is 2.84. The zero-order chi connectivity index (χ0) is 12.1. The maximum atomic E-state index is 9.78. The molecule has 90 valence electrons. The zero-order valence-electron chi connectivity index (χ0n) is 8.92. The van der Waals surface area contributed by atoms with Crippen LogP contribution in [0.2, 0.25) is 0 Å². The van der Waals surface area contributed by atoms with Gasteiger partial charge in [-0.2, -0.15) is 4.98 Å². The Bertz CT molecular complexity index is 350. The first kappa shape index (κ1) is 13.1. The first-order valence-electron chi connectivity index (χ1n) is 4.51. The van der Waals surface area contributed by atoms with Gasteiger partial charge in [0, 0.05) is 11.5 Å². The summed E-state index contributed by atoms with van der Waals surface area (Å²) in [5.41, 5.74) is 0.315. The fraction of sp³-hybridized carbons (Fsp3) is 0.556. The molecule has 0 saturated heterocycles. The van der Waals surface area contributed by atoms with Crippen LogP contribution < -0.4 is 9.47 Å². The number of nitrogens with zero attached hydrogens (tertiary/aromatic N) is 2. The molecule has 0 aromatic carbocycles. The molecule has 0 amide bonds. The van der Waals surface area contributed by atoms with Crippen LogP contribution in [0.25, 0.3) is 0 Å². The van der Waals surface area contributed by atoms with E-state index in [1.54, 1.807) is 0 Å². The molecule has 2 N–H and O–H groups in total. The van der Waals surface area contributed by atoms with Gasteiger partial charge in [-0.3, -0.25) is 0 Å². The van der Waals surface area contributed by atoms with Crippen LogP contribution in [0.4, 0.5) is 0 Å². The summed E-state index contributed by atoms with van der Waals surface area (Å²) in [6, 6.07) is 0.140. The number of aliphatic hydroxyl groups excluding tert-OH is 2. The lowest BCUT2D eigenvalue weighted by Crippen LogP contribution is -2.20. The molecule has 2 unspecified atom stereocenters. The second-order valence-electron chi connectivity index (χ2n) is 2.99. The van der Waals surface area contributed by atoms with Crippen LogP contribution in [0.15, 0.2) is 6.20 Å². The largest absolute Gasteiger partial charge is 0.481 e. The minimum Gasteiger partial charge on any atom is -0.481 e. The van der Waals surface area contributed by atoms with Crippen molar-refractivity contribution in [1.29, 1.82) is 0 Å². The molecular formula is C9H13BrN2O4. The van der Waals surface area contributed by atoms with E-state index in [-0.39, 0.29) is 17.2 Å². The van der Waals surface area contributed by atoms with E-state index >= 15 is 0 Å². The highest BCUT2D eigenvalue weighted by Gasteiger charge is 2.22. The van der Waals surface area contributed by atoms with Gasteiger partial charge in [0.25, 0.3) is 0 Å². The van der Waals surface area contributed by atoms with Gasteiger partial charge in [0.2, 0.25) is 5.88 Å². The molecule has 0 saturated carbocycles. The average molecular weight is 293 g/mol. The molecule has 1 heterocycles. The predicted octanol–water partition coefficient (Wildman–Crippen LogP) is 0.283. The molecule has 0 aliphatic rings. The zero-order valence-corrected chi connectivity index (χ0v) is 10.5. The third-order valence-corrected chi connectivity index (χ3v) is 2.64. The van der Waals surface area contributed by atoms with Crippen molar-refractivity contribution in [2.75, 3.05) is 19.5 Å². The van der Waals surface area contributed by atoms with Gasteiger partial charge in [-0.05, 0) is 0 Å². The first-order valence-corrected chi connectivity index (χ1v) is 5.63. The topological polar surface area (TPSA) is 84.7 Å². The van der Waals surface area contributed by atoms with Gasteiger partial charge < -0.3 is 19.7 Å². The van der Waals surface area contributed by atoms with Crippen molar-refractivity contribution in [2.45, 2.75) is 12.2 Å². The fourth-order valence-electron chi connectivity index (χ4n) is 1.12. The Kier molecular flexibility index (Phi) is 4.91. The van der Waals surface area contributed by atoms with Gasteiger partial charge in [-0.25, -0.2) is 4.98 Å². The molecule has 7 heteroatoms. The summed E-state index contributed by atoms with van der Waals surface area (Å²) in [5, 5.41) is 19.5. The molecule has 2 atom stereocenters. The van der Waals surface area contributed by atoms with Crippen LogP contribution in [-0.4, -0.2) is 45.8 Å². The van der Waals surface area contributed by atoms with Gasteiger partial charge in [-0.15, -0.1) is 0 Å². The van der Waals surface area contributed by atoms with Crippen molar-refractivity contribution >= 4 is 15.9 Å². The van der Waals surface area contributed by atoms with E-state index < -0.39 is 12.2 Å². The van der Waals surface area contributed by atoms with Crippen LogP contribution in [0.3, 0.4) is 0 Å².